The van der Waals surface area contributed by atoms with Gasteiger partial charge in [0.05, 0.1) is 0 Å². The Labute approximate surface area is 131 Å². The molecule has 2 N–H and O–H groups in total. The maximum Gasteiger partial charge on any atom is 0.303 e. The van der Waals surface area contributed by atoms with Gasteiger partial charge in [-0.05, 0) is 31.6 Å². The second-order valence-corrected chi connectivity index (χ2v) is 5.86. The first-order chi connectivity index (χ1) is 10.5. The Bertz CT molecular complexity index is 454. The van der Waals surface area contributed by atoms with Crippen molar-refractivity contribution in [2.75, 3.05) is 19.6 Å². The summed E-state index contributed by atoms with van der Waals surface area (Å²) in [6, 6.07) is 1.96. The first kappa shape index (κ1) is 18.0. The van der Waals surface area contributed by atoms with Crippen LogP contribution in [0.25, 0.3) is 0 Å². The van der Waals surface area contributed by atoms with E-state index in [1.807, 2.05) is 11.0 Å². The zero-order valence-electron chi connectivity index (χ0n) is 13.2. The molecule has 0 saturated carbocycles. The number of nitriles is 1. The number of likely N-dealkylation sites (tertiary alicyclic amines) is 1. The number of carboxylic acid groups (broad SMARTS) is 1. The predicted octanol–water partition coefficient (Wildman–Crippen LogP) is 1.89. The number of carboxylic acids is 1. The monoisotopic (exact) mass is 307 g/mol. The lowest BCUT2D eigenvalue weighted by Gasteiger charge is -2.29. The van der Waals surface area contributed by atoms with Crippen LogP contribution in [0.5, 0.6) is 0 Å². The van der Waals surface area contributed by atoms with Gasteiger partial charge in [0.15, 0.2) is 0 Å². The fourth-order valence-electron chi connectivity index (χ4n) is 2.54. The van der Waals surface area contributed by atoms with Gasteiger partial charge in [0.2, 0.25) is 0 Å². The van der Waals surface area contributed by atoms with Gasteiger partial charge in [-0.1, -0.05) is 13.3 Å². The van der Waals surface area contributed by atoms with E-state index in [0.29, 0.717) is 18.9 Å². The van der Waals surface area contributed by atoms with E-state index in [2.05, 4.69) is 12.2 Å². The summed E-state index contributed by atoms with van der Waals surface area (Å²) in [5, 5.41) is 20.4. The summed E-state index contributed by atoms with van der Waals surface area (Å²) in [4.78, 5) is 24.4. The van der Waals surface area contributed by atoms with Crippen LogP contribution in [0.3, 0.4) is 0 Å². The molecule has 1 rings (SSSR count). The molecule has 0 bridgehead atoms. The lowest BCUT2D eigenvalue weighted by atomic mass is 10.0. The Morgan fingerprint density at radius 3 is 2.82 bits per heavy atom. The van der Waals surface area contributed by atoms with Gasteiger partial charge in [-0.15, -0.1) is 0 Å². The number of rotatable bonds is 8. The van der Waals surface area contributed by atoms with E-state index in [1.165, 1.54) is 6.42 Å². The number of carbonyl (C=O) groups is 2. The number of nitrogens with zero attached hydrogens (tertiary/aromatic N) is 2. The molecule has 1 unspecified atom stereocenters. The predicted molar refractivity (Wildman–Crippen MR) is 82.8 cm³/mol. The standard InChI is InChI=1S/C16H25N3O3/c1-13-6-5-9-19(11-13)12-14(10-17)16(22)18-8-4-2-3-7-15(20)21/h12-13H,2-9,11H2,1H3,(H,18,22)(H,20,21)/b14-12-. The number of hydrogen-bond acceptors (Lipinski definition) is 4. The highest BCUT2D eigenvalue weighted by molar-refractivity contribution is 5.97. The van der Waals surface area contributed by atoms with Crippen molar-refractivity contribution in [2.24, 2.45) is 5.92 Å². The van der Waals surface area contributed by atoms with E-state index in [4.69, 9.17) is 10.4 Å². The molecule has 0 aliphatic carbocycles. The number of nitrogens with one attached hydrogen (secondary N) is 1. The molecule has 0 aromatic rings. The maximum absolute atomic E-state index is 11.9. The third kappa shape index (κ3) is 7.11. The third-order valence-corrected chi connectivity index (χ3v) is 3.72. The number of piperidine rings is 1. The summed E-state index contributed by atoms with van der Waals surface area (Å²) < 4.78 is 0. The zero-order chi connectivity index (χ0) is 16.4. The minimum Gasteiger partial charge on any atom is -0.481 e. The summed E-state index contributed by atoms with van der Waals surface area (Å²) in [6.07, 6.45) is 6.17. The molecule has 1 saturated heterocycles. The Balaban J connectivity index is 2.32. The van der Waals surface area contributed by atoms with Crippen LogP contribution in [0.2, 0.25) is 0 Å². The number of hydrogen-bond donors (Lipinski definition) is 2. The van der Waals surface area contributed by atoms with Crippen molar-refractivity contribution in [3.63, 3.8) is 0 Å². The van der Waals surface area contributed by atoms with Gasteiger partial charge in [-0.3, -0.25) is 9.59 Å². The van der Waals surface area contributed by atoms with Crippen molar-refractivity contribution < 1.29 is 14.7 Å². The third-order valence-electron chi connectivity index (χ3n) is 3.72. The van der Waals surface area contributed by atoms with E-state index in [0.717, 1.165) is 32.4 Å². The van der Waals surface area contributed by atoms with Gasteiger partial charge in [0.25, 0.3) is 5.91 Å². The number of unbranched alkanes of at least 4 members (excludes halogenated alkanes) is 2. The number of carbonyl (C=O) groups excluding carboxylic acids is 1. The second kappa shape index (κ2) is 9.82. The quantitative estimate of drug-likeness (QED) is 0.406. The molecule has 0 aromatic carbocycles. The summed E-state index contributed by atoms with van der Waals surface area (Å²) >= 11 is 0. The van der Waals surface area contributed by atoms with E-state index in [9.17, 15) is 9.59 Å². The first-order valence-corrected chi connectivity index (χ1v) is 7.89. The molecule has 22 heavy (non-hydrogen) atoms. The molecule has 1 aliphatic rings. The molecule has 1 amide bonds. The van der Waals surface area contributed by atoms with Crippen molar-refractivity contribution in [3.05, 3.63) is 11.8 Å². The lowest BCUT2D eigenvalue weighted by Crippen LogP contribution is -2.32. The topological polar surface area (TPSA) is 93.4 Å². The van der Waals surface area contributed by atoms with Crippen LogP contribution in [-0.4, -0.2) is 41.5 Å². The van der Waals surface area contributed by atoms with Gasteiger partial charge in [-0.25, -0.2) is 0 Å². The van der Waals surface area contributed by atoms with Gasteiger partial charge in [-0.2, -0.15) is 5.26 Å². The molecule has 1 aliphatic heterocycles. The van der Waals surface area contributed by atoms with E-state index < -0.39 is 5.97 Å². The average Bonchev–Trinajstić information content (AvgIpc) is 2.47. The molecule has 0 radical (unpaired) electrons. The largest absolute Gasteiger partial charge is 0.481 e. The minimum atomic E-state index is -0.797. The molecule has 0 aromatic heterocycles. The zero-order valence-corrected chi connectivity index (χ0v) is 13.2. The van der Waals surface area contributed by atoms with Crippen LogP contribution >= 0.6 is 0 Å². The highest BCUT2D eigenvalue weighted by Crippen LogP contribution is 2.16. The van der Waals surface area contributed by atoms with E-state index in [1.54, 1.807) is 6.20 Å². The molecule has 1 fully saturated rings. The maximum atomic E-state index is 11.9. The van der Waals surface area contributed by atoms with Crippen LogP contribution in [0, 0.1) is 17.2 Å². The van der Waals surface area contributed by atoms with Crippen LogP contribution in [0.15, 0.2) is 11.8 Å². The number of aliphatic carboxylic acids is 1. The van der Waals surface area contributed by atoms with Crippen molar-refractivity contribution in [3.8, 4) is 6.07 Å². The average molecular weight is 307 g/mol. The molecule has 6 nitrogen and oxygen atoms in total. The van der Waals surface area contributed by atoms with Gasteiger partial charge in [0, 0.05) is 32.3 Å². The highest BCUT2D eigenvalue weighted by Gasteiger charge is 2.16. The van der Waals surface area contributed by atoms with Crippen molar-refractivity contribution in [2.45, 2.75) is 45.4 Å². The van der Waals surface area contributed by atoms with Crippen LogP contribution < -0.4 is 5.32 Å². The van der Waals surface area contributed by atoms with Crippen LogP contribution in [-0.2, 0) is 9.59 Å². The van der Waals surface area contributed by atoms with Gasteiger partial charge in [0.1, 0.15) is 11.6 Å². The number of amides is 1. The van der Waals surface area contributed by atoms with Gasteiger partial charge >= 0.3 is 5.97 Å². The highest BCUT2D eigenvalue weighted by atomic mass is 16.4. The fraction of sp³-hybridized carbons (Fsp3) is 0.688. The molecule has 6 heteroatoms. The molecular weight excluding hydrogens is 282 g/mol. The lowest BCUT2D eigenvalue weighted by molar-refractivity contribution is -0.137. The van der Waals surface area contributed by atoms with Crippen molar-refractivity contribution >= 4 is 11.9 Å². The molecule has 1 heterocycles. The summed E-state index contributed by atoms with van der Waals surface area (Å²) in [5.74, 6) is -0.560. The summed E-state index contributed by atoms with van der Waals surface area (Å²) in [5.41, 5.74) is 0.139. The Hall–Kier alpha value is -2.03. The molecule has 122 valence electrons. The smallest absolute Gasteiger partial charge is 0.303 e. The molecular formula is C16H25N3O3. The van der Waals surface area contributed by atoms with Gasteiger partial charge < -0.3 is 15.3 Å². The summed E-state index contributed by atoms with van der Waals surface area (Å²) in [7, 11) is 0. The Morgan fingerprint density at radius 2 is 2.18 bits per heavy atom. The van der Waals surface area contributed by atoms with Crippen molar-refractivity contribution in [1.29, 1.82) is 5.26 Å². The molecule has 1 atom stereocenters. The Kier molecular flexibility index (Phi) is 8.05. The van der Waals surface area contributed by atoms with E-state index in [-0.39, 0.29) is 17.9 Å². The van der Waals surface area contributed by atoms with Crippen LogP contribution in [0.4, 0.5) is 0 Å². The first-order valence-electron chi connectivity index (χ1n) is 7.89. The SMILES string of the molecule is CC1CCCN(/C=C(/C#N)C(=O)NCCCCCC(=O)O)C1. The molecule has 0 spiro atoms. The van der Waals surface area contributed by atoms with Crippen LogP contribution in [0.1, 0.15) is 45.4 Å². The van der Waals surface area contributed by atoms with Crippen molar-refractivity contribution in [1.82, 2.24) is 10.2 Å². The summed E-state index contributed by atoms with van der Waals surface area (Å²) in [6.45, 7) is 4.41. The van der Waals surface area contributed by atoms with E-state index >= 15 is 0 Å². The Morgan fingerprint density at radius 1 is 1.41 bits per heavy atom. The fourth-order valence-corrected chi connectivity index (χ4v) is 2.54. The second-order valence-electron chi connectivity index (χ2n) is 5.86. The normalized spacial score (nSPS) is 18.6. The minimum absolute atomic E-state index is 0.139.